The Morgan fingerprint density at radius 1 is 1.24 bits per heavy atom. The summed E-state index contributed by atoms with van der Waals surface area (Å²) < 4.78 is 13.4. The predicted molar refractivity (Wildman–Crippen MR) is 129 cm³/mol. The second-order valence-corrected chi connectivity index (χ2v) is 8.79. The molecular weight excluding hydrogens is 434 g/mol. The summed E-state index contributed by atoms with van der Waals surface area (Å²) in [6.07, 6.45) is 4.87. The average Bonchev–Trinajstić information content (AvgIpc) is 3.21. The largest absolute Gasteiger partial charge is 0.379 e. The number of carbonyl (C=O) groups is 1. The molecule has 0 spiro atoms. The Balaban J connectivity index is 1.71. The van der Waals surface area contributed by atoms with Gasteiger partial charge in [0.2, 0.25) is 5.91 Å². The van der Waals surface area contributed by atoms with Gasteiger partial charge in [0.15, 0.2) is 5.65 Å². The number of amides is 1. The quantitative estimate of drug-likeness (QED) is 0.565. The van der Waals surface area contributed by atoms with E-state index in [1.54, 1.807) is 25.7 Å². The van der Waals surface area contributed by atoms with Gasteiger partial charge in [-0.15, -0.1) is 0 Å². The zero-order chi connectivity index (χ0) is 24.4. The van der Waals surface area contributed by atoms with Gasteiger partial charge in [0.25, 0.3) is 0 Å². The molecule has 2 unspecified atom stereocenters. The van der Waals surface area contributed by atoms with E-state index < -0.39 is 6.04 Å². The Morgan fingerprint density at radius 2 is 1.91 bits per heavy atom. The molecule has 10 heteroatoms. The Hall–Kier alpha value is -3.11. The van der Waals surface area contributed by atoms with Crippen LogP contribution in [0.25, 0.3) is 22.6 Å². The van der Waals surface area contributed by atoms with Crippen LogP contribution in [0.3, 0.4) is 0 Å². The van der Waals surface area contributed by atoms with Crippen LogP contribution in [0.5, 0.6) is 0 Å². The molecule has 34 heavy (non-hydrogen) atoms. The van der Waals surface area contributed by atoms with Gasteiger partial charge in [-0.1, -0.05) is 0 Å². The van der Waals surface area contributed by atoms with Gasteiger partial charge in [0.05, 0.1) is 29.6 Å². The Kier molecular flexibility index (Phi) is 7.08. The van der Waals surface area contributed by atoms with Crippen LogP contribution in [0, 0.1) is 6.92 Å². The van der Waals surface area contributed by atoms with Crippen molar-refractivity contribution >= 4 is 22.8 Å². The number of rotatable bonds is 7. The maximum atomic E-state index is 13.6. The van der Waals surface area contributed by atoms with Gasteiger partial charge in [-0.05, 0) is 40.7 Å². The van der Waals surface area contributed by atoms with Crippen molar-refractivity contribution in [1.29, 1.82) is 0 Å². The van der Waals surface area contributed by atoms with E-state index >= 15 is 0 Å². The van der Waals surface area contributed by atoms with Crippen molar-refractivity contribution in [3.05, 3.63) is 30.5 Å². The number of morpholine rings is 1. The second-order valence-electron chi connectivity index (χ2n) is 8.79. The van der Waals surface area contributed by atoms with E-state index in [9.17, 15) is 4.79 Å². The van der Waals surface area contributed by atoms with Gasteiger partial charge in [-0.25, -0.2) is 19.9 Å². The molecule has 3 aromatic heterocycles. The smallest absolute Gasteiger partial charge is 0.247 e. The summed E-state index contributed by atoms with van der Waals surface area (Å²) in [4.78, 5) is 33.5. The van der Waals surface area contributed by atoms with E-state index in [4.69, 9.17) is 14.5 Å². The maximum absolute atomic E-state index is 13.6. The average molecular weight is 468 g/mol. The molecule has 0 aliphatic carbocycles. The molecule has 0 bridgehead atoms. The molecule has 1 saturated heterocycles. The lowest BCUT2D eigenvalue weighted by molar-refractivity contribution is -0.146. The number of anilines is 1. The Bertz CT molecular complexity index is 1140. The fourth-order valence-electron chi connectivity index (χ4n) is 4.40. The van der Waals surface area contributed by atoms with Crippen LogP contribution in [0.4, 0.5) is 5.69 Å². The van der Waals surface area contributed by atoms with Crippen LogP contribution in [0.1, 0.15) is 33.5 Å². The molecule has 4 heterocycles. The molecule has 0 saturated carbocycles. The first kappa shape index (κ1) is 24.0. The van der Waals surface area contributed by atoms with Crippen molar-refractivity contribution in [1.82, 2.24) is 29.4 Å². The zero-order valence-electron chi connectivity index (χ0n) is 20.6. The topological polar surface area (TPSA) is 107 Å². The minimum atomic E-state index is -0.592. The summed E-state index contributed by atoms with van der Waals surface area (Å²) in [5, 5.41) is 3.42. The monoisotopic (exact) mass is 467 g/mol. The molecule has 4 atom stereocenters. The van der Waals surface area contributed by atoms with Gasteiger partial charge in [-0.2, -0.15) is 0 Å². The molecule has 0 aromatic carbocycles. The number of nitrogens with zero attached hydrogens (tertiary/aromatic N) is 6. The first-order chi connectivity index (χ1) is 16.3. The second kappa shape index (κ2) is 10.0. The highest BCUT2D eigenvalue weighted by atomic mass is 16.5. The number of methoxy groups -OCH3 is 1. The summed E-state index contributed by atoms with van der Waals surface area (Å²) in [6.45, 7) is 11.5. The lowest BCUT2D eigenvalue weighted by Gasteiger charge is -2.38. The van der Waals surface area contributed by atoms with Gasteiger partial charge < -0.3 is 24.3 Å². The first-order valence-corrected chi connectivity index (χ1v) is 11.7. The number of imidazole rings is 1. The van der Waals surface area contributed by atoms with Crippen molar-refractivity contribution in [3.63, 3.8) is 0 Å². The molecule has 4 rings (SSSR count). The van der Waals surface area contributed by atoms with Crippen LogP contribution >= 0.6 is 0 Å². The van der Waals surface area contributed by atoms with E-state index in [-0.39, 0.29) is 24.2 Å². The summed E-state index contributed by atoms with van der Waals surface area (Å²) in [6, 6.07) is 1.25. The number of ether oxygens (including phenoxy) is 2. The van der Waals surface area contributed by atoms with Gasteiger partial charge in [0, 0.05) is 45.3 Å². The summed E-state index contributed by atoms with van der Waals surface area (Å²) >= 11 is 0. The third-order valence-electron chi connectivity index (χ3n) is 6.14. The molecule has 1 aliphatic rings. The normalized spacial score (nSPS) is 20.4. The van der Waals surface area contributed by atoms with Crippen molar-refractivity contribution < 1.29 is 14.3 Å². The Labute approximate surface area is 199 Å². The molecular formula is C24H33N7O3. The first-order valence-electron chi connectivity index (χ1n) is 11.7. The molecule has 10 nitrogen and oxygen atoms in total. The minimum Gasteiger partial charge on any atom is -0.379 e. The fourth-order valence-corrected chi connectivity index (χ4v) is 4.40. The van der Waals surface area contributed by atoms with Crippen LogP contribution in [-0.2, 0) is 20.8 Å². The third-order valence-corrected chi connectivity index (χ3v) is 6.14. The van der Waals surface area contributed by atoms with E-state index in [2.05, 4.69) is 20.3 Å². The summed E-state index contributed by atoms with van der Waals surface area (Å²) in [5.41, 5.74) is 2.95. The summed E-state index contributed by atoms with van der Waals surface area (Å²) in [7, 11) is 1.61. The van der Waals surface area contributed by atoms with E-state index in [1.807, 2.05) is 50.2 Å². The van der Waals surface area contributed by atoms with Gasteiger partial charge >= 0.3 is 0 Å². The number of pyridine rings is 1. The molecule has 3 aromatic rings. The van der Waals surface area contributed by atoms with E-state index in [1.165, 1.54) is 0 Å². The highest BCUT2D eigenvalue weighted by Gasteiger charge is 2.34. The number of aryl methyl sites for hydroxylation is 2. The number of hydrogen-bond donors (Lipinski definition) is 1. The molecule has 1 fully saturated rings. The highest BCUT2D eigenvalue weighted by molar-refractivity contribution is 5.92. The number of aromatic nitrogens is 5. The van der Waals surface area contributed by atoms with Crippen molar-refractivity contribution in [2.45, 2.75) is 65.5 Å². The number of carbonyl (C=O) groups excluding carboxylic acids is 1. The zero-order valence-corrected chi connectivity index (χ0v) is 20.6. The highest BCUT2D eigenvalue weighted by Crippen LogP contribution is 2.28. The number of nitrogens with one attached hydrogen (secondary N) is 1. The van der Waals surface area contributed by atoms with Crippen molar-refractivity contribution in [3.8, 4) is 11.4 Å². The van der Waals surface area contributed by atoms with E-state index in [0.29, 0.717) is 31.0 Å². The Morgan fingerprint density at radius 3 is 2.53 bits per heavy atom. The predicted octanol–water partition coefficient (Wildman–Crippen LogP) is 2.67. The minimum absolute atomic E-state index is 0.0154. The van der Waals surface area contributed by atoms with Crippen molar-refractivity contribution in [2.75, 3.05) is 25.5 Å². The van der Waals surface area contributed by atoms with Crippen LogP contribution in [0.15, 0.2) is 24.7 Å². The van der Waals surface area contributed by atoms with Crippen molar-refractivity contribution in [2.24, 2.45) is 0 Å². The van der Waals surface area contributed by atoms with E-state index in [0.717, 1.165) is 22.7 Å². The standard InChI is InChI=1S/C24H33N7O3/c1-7-31-22(18-10-26-17(5)27-11-18)29-21-19(8-9-25-23(21)31)28-20(16(4)33-6)24(32)30-12-14(2)34-15(3)13-30/h8-11,14-16,20H,7,12-13H2,1-6H3,(H,25,28)/t14-,15+,16?,20?. The molecule has 1 aliphatic heterocycles. The molecule has 0 radical (unpaired) electrons. The van der Waals surface area contributed by atoms with Gasteiger partial charge in [-0.3, -0.25) is 4.79 Å². The van der Waals surface area contributed by atoms with Crippen LogP contribution in [0.2, 0.25) is 0 Å². The molecule has 1 N–H and O–H groups in total. The lowest BCUT2D eigenvalue weighted by Crippen LogP contribution is -2.55. The van der Waals surface area contributed by atoms with Crippen LogP contribution in [-0.4, -0.2) is 79.9 Å². The summed E-state index contributed by atoms with van der Waals surface area (Å²) in [5.74, 6) is 1.41. The van der Waals surface area contributed by atoms with Gasteiger partial charge in [0.1, 0.15) is 23.2 Å². The van der Waals surface area contributed by atoms with Crippen LogP contribution < -0.4 is 5.32 Å². The molecule has 1 amide bonds. The fraction of sp³-hybridized carbons (Fsp3) is 0.542. The SMILES string of the molecule is CCn1c(-c2cnc(C)nc2)nc2c(NC(C(=O)N3C[C@@H](C)O[C@@H](C)C3)C(C)OC)ccnc21. The molecule has 182 valence electrons. The number of hydrogen-bond acceptors (Lipinski definition) is 8. The maximum Gasteiger partial charge on any atom is 0.247 e. The third kappa shape index (κ3) is 4.74. The lowest BCUT2D eigenvalue weighted by atomic mass is 10.1. The number of fused-ring (bicyclic) bond motifs is 1.